The number of ketones is 1. The van der Waals surface area contributed by atoms with Crippen LogP contribution in [0.5, 0.6) is 5.75 Å². The van der Waals surface area contributed by atoms with E-state index in [0.717, 1.165) is 12.0 Å². The van der Waals surface area contributed by atoms with E-state index in [1.165, 1.54) is 0 Å². The summed E-state index contributed by atoms with van der Waals surface area (Å²) in [6.45, 7) is 10.1. The van der Waals surface area contributed by atoms with Crippen molar-refractivity contribution in [2.45, 2.75) is 59.3 Å². The van der Waals surface area contributed by atoms with E-state index in [1.807, 2.05) is 46.8 Å². The standard InChI is InChI=1S/C20H28O4S/c1-18(2,3)15-8-6-7-9-16(15)24-25(22,23)13-20-11-10-14(12-17(20)21)19(20,4)5/h6-9,14H,10-13H2,1-5H3. The Kier molecular flexibility index (Phi) is 4.10. The van der Waals surface area contributed by atoms with Crippen LogP contribution in [0.15, 0.2) is 24.3 Å². The van der Waals surface area contributed by atoms with Crippen LogP contribution in [-0.4, -0.2) is 20.0 Å². The molecule has 1 aromatic carbocycles. The number of rotatable bonds is 4. The number of fused-ring (bicyclic) bond motifs is 2. The first-order valence-corrected chi connectivity index (χ1v) is 10.5. The summed E-state index contributed by atoms with van der Waals surface area (Å²) in [7, 11) is -3.87. The van der Waals surface area contributed by atoms with E-state index in [1.54, 1.807) is 12.1 Å². The monoisotopic (exact) mass is 364 g/mol. The molecule has 0 aliphatic heterocycles. The third-order valence-corrected chi connectivity index (χ3v) is 7.75. The Morgan fingerprint density at radius 1 is 1.20 bits per heavy atom. The lowest BCUT2D eigenvalue weighted by molar-refractivity contribution is -0.128. The Hall–Kier alpha value is -1.36. The molecule has 2 fully saturated rings. The Morgan fingerprint density at radius 3 is 2.36 bits per heavy atom. The largest absolute Gasteiger partial charge is 0.382 e. The molecule has 0 N–H and O–H groups in total. The maximum atomic E-state index is 12.9. The molecular formula is C20H28O4S. The van der Waals surface area contributed by atoms with Gasteiger partial charge in [-0.3, -0.25) is 4.79 Å². The molecule has 0 radical (unpaired) electrons. The topological polar surface area (TPSA) is 60.4 Å². The highest BCUT2D eigenvalue weighted by Crippen LogP contribution is 2.64. The summed E-state index contributed by atoms with van der Waals surface area (Å²) >= 11 is 0. The summed E-state index contributed by atoms with van der Waals surface area (Å²) in [6.07, 6.45) is 2.07. The minimum absolute atomic E-state index is 0.0880. The highest BCUT2D eigenvalue weighted by atomic mass is 32.2. The summed E-state index contributed by atoms with van der Waals surface area (Å²) in [4.78, 5) is 12.6. The molecule has 25 heavy (non-hydrogen) atoms. The number of benzene rings is 1. The smallest absolute Gasteiger partial charge is 0.310 e. The molecule has 0 heterocycles. The van der Waals surface area contributed by atoms with Crippen molar-refractivity contribution in [1.82, 2.24) is 0 Å². The van der Waals surface area contributed by atoms with Crippen molar-refractivity contribution >= 4 is 15.9 Å². The molecule has 2 atom stereocenters. The van der Waals surface area contributed by atoms with E-state index in [-0.39, 0.29) is 28.3 Å². The van der Waals surface area contributed by atoms with E-state index < -0.39 is 15.5 Å². The van der Waals surface area contributed by atoms with Crippen LogP contribution in [-0.2, 0) is 20.3 Å². The van der Waals surface area contributed by atoms with Crippen LogP contribution in [0.4, 0.5) is 0 Å². The predicted octanol–water partition coefficient (Wildman–Crippen LogP) is 4.09. The van der Waals surface area contributed by atoms with E-state index in [0.29, 0.717) is 18.6 Å². The summed E-state index contributed by atoms with van der Waals surface area (Å²) in [5, 5.41) is 0. The van der Waals surface area contributed by atoms with Crippen LogP contribution < -0.4 is 4.18 Å². The molecule has 4 nitrogen and oxygen atoms in total. The Morgan fingerprint density at radius 2 is 1.84 bits per heavy atom. The Bertz CT molecular complexity index is 801. The number of hydrogen-bond donors (Lipinski definition) is 0. The van der Waals surface area contributed by atoms with Gasteiger partial charge in [0.2, 0.25) is 0 Å². The third kappa shape index (κ3) is 2.90. The fourth-order valence-electron chi connectivity index (χ4n) is 4.74. The summed E-state index contributed by atoms with van der Waals surface area (Å²) < 4.78 is 31.3. The van der Waals surface area contributed by atoms with Crippen LogP contribution in [0.25, 0.3) is 0 Å². The van der Waals surface area contributed by atoms with E-state index >= 15 is 0 Å². The molecule has 2 unspecified atom stereocenters. The molecule has 2 bridgehead atoms. The fraction of sp³-hybridized carbons (Fsp3) is 0.650. The maximum Gasteiger partial charge on any atom is 0.310 e. The molecule has 138 valence electrons. The molecule has 0 spiro atoms. The lowest BCUT2D eigenvalue weighted by atomic mass is 9.70. The van der Waals surface area contributed by atoms with Crippen molar-refractivity contribution in [3.8, 4) is 5.75 Å². The quantitative estimate of drug-likeness (QED) is 0.755. The second-order valence-corrected chi connectivity index (χ2v) is 10.8. The van der Waals surface area contributed by atoms with E-state index in [9.17, 15) is 13.2 Å². The molecule has 5 heteroatoms. The van der Waals surface area contributed by atoms with E-state index in [2.05, 4.69) is 0 Å². The van der Waals surface area contributed by atoms with Gasteiger partial charge in [0.15, 0.2) is 0 Å². The minimum Gasteiger partial charge on any atom is -0.382 e. The Labute approximate surface area is 151 Å². The zero-order valence-electron chi connectivity index (χ0n) is 15.8. The van der Waals surface area contributed by atoms with Gasteiger partial charge in [0.05, 0.1) is 11.2 Å². The molecule has 0 amide bonds. The van der Waals surface area contributed by atoms with Gasteiger partial charge in [-0.05, 0) is 35.7 Å². The van der Waals surface area contributed by atoms with Gasteiger partial charge in [0.1, 0.15) is 11.5 Å². The molecule has 0 saturated heterocycles. The fourth-order valence-corrected chi connectivity index (χ4v) is 6.49. The number of carbonyl (C=O) groups excluding carboxylic acids is 1. The summed E-state index contributed by atoms with van der Waals surface area (Å²) in [5.41, 5.74) is -0.472. The lowest BCUT2D eigenvalue weighted by Gasteiger charge is -2.35. The van der Waals surface area contributed by atoms with Gasteiger partial charge in [0.25, 0.3) is 0 Å². The van der Waals surface area contributed by atoms with Gasteiger partial charge >= 0.3 is 10.1 Å². The van der Waals surface area contributed by atoms with Crippen LogP contribution in [0, 0.1) is 16.7 Å². The van der Waals surface area contributed by atoms with E-state index in [4.69, 9.17) is 4.18 Å². The van der Waals surface area contributed by atoms with Crippen molar-refractivity contribution in [3.63, 3.8) is 0 Å². The molecule has 2 aliphatic carbocycles. The van der Waals surface area contributed by atoms with Crippen molar-refractivity contribution in [2.24, 2.45) is 16.7 Å². The van der Waals surface area contributed by atoms with Gasteiger partial charge in [-0.2, -0.15) is 8.42 Å². The van der Waals surface area contributed by atoms with Crippen molar-refractivity contribution in [3.05, 3.63) is 29.8 Å². The molecule has 2 saturated carbocycles. The molecule has 3 rings (SSSR count). The van der Waals surface area contributed by atoms with Gasteiger partial charge in [-0.25, -0.2) is 0 Å². The van der Waals surface area contributed by atoms with Crippen LogP contribution in [0.2, 0.25) is 0 Å². The zero-order valence-corrected chi connectivity index (χ0v) is 16.6. The minimum atomic E-state index is -3.87. The molecule has 2 aliphatic rings. The van der Waals surface area contributed by atoms with Crippen molar-refractivity contribution in [1.29, 1.82) is 0 Å². The first-order chi connectivity index (χ1) is 11.4. The van der Waals surface area contributed by atoms with Crippen molar-refractivity contribution < 1.29 is 17.4 Å². The van der Waals surface area contributed by atoms with Gasteiger partial charge in [-0.15, -0.1) is 0 Å². The second-order valence-electron chi connectivity index (χ2n) is 9.20. The lowest BCUT2D eigenvalue weighted by Crippen LogP contribution is -2.43. The average Bonchev–Trinajstić information content (AvgIpc) is 2.79. The predicted molar refractivity (Wildman–Crippen MR) is 98.1 cm³/mol. The third-order valence-electron chi connectivity index (χ3n) is 6.47. The first kappa shape index (κ1) is 18.4. The summed E-state index contributed by atoms with van der Waals surface area (Å²) in [5.74, 6) is 0.521. The zero-order chi connectivity index (χ0) is 18.7. The first-order valence-electron chi connectivity index (χ1n) is 8.94. The molecular weight excluding hydrogens is 336 g/mol. The van der Waals surface area contributed by atoms with Gasteiger partial charge in [0, 0.05) is 12.0 Å². The van der Waals surface area contributed by atoms with Gasteiger partial charge < -0.3 is 4.18 Å². The number of carbonyl (C=O) groups is 1. The molecule has 0 aromatic heterocycles. The summed E-state index contributed by atoms with van der Waals surface area (Å²) in [6, 6.07) is 7.23. The number of para-hydroxylation sites is 1. The molecule has 1 aromatic rings. The number of Topliss-reactive ketones (excluding diaryl/α,β-unsaturated/α-hetero) is 1. The van der Waals surface area contributed by atoms with Crippen LogP contribution in [0.1, 0.15) is 59.4 Å². The Balaban J connectivity index is 1.91. The SMILES string of the molecule is CC(C)(C)c1ccccc1OS(=O)(=O)CC12CCC(CC1=O)C2(C)C. The second kappa shape index (κ2) is 5.57. The highest BCUT2D eigenvalue weighted by Gasteiger charge is 2.65. The van der Waals surface area contributed by atoms with Crippen molar-refractivity contribution in [2.75, 3.05) is 5.75 Å². The number of hydrogen-bond acceptors (Lipinski definition) is 4. The average molecular weight is 365 g/mol. The maximum absolute atomic E-state index is 12.9. The normalized spacial score (nSPS) is 28.4. The highest BCUT2D eigenvalue weighted by molar-refractivity contribution is 7.87. The van der Waals surface area contributed by atoms with Crippen LogP contribution >= 0.6 is 0 Å². The van der Waals surface area contributed by atoms with Crippen LogP contribution in [0.3, 0.4) is 0 Å². The van der Waals surface area contributed by atoms with Gasteiger partial charge in [-0.1, -0.05) is 52.8 Å².